The van der Waals surface area contributed by atoms with Crippen molar-refractivity contribution in [1.82, 2.24) is 5.32 Å². The Kier molecular flexibility index (Phi) is 4.31. The van der Waals surface area contributed by atoms with Gasteiger partial charge in [-0.25, -0.2) is 8.42 Å². The number of hydrogen-bond acceptors (Lipinski definition) is 5. The van der Waals surface area contributed by atoms with Crippen molar-refractivity contribution >= 4 is 9.84 Å². The van der Waals surface area contributed by atoms with Crippen molar-refractivity contribution < 1.29 is 17.9 Å². The average molecular weight is 277 g/mol. The number of ether oxygens (including phenoxy) is 2. The zero-order chi connectivity index (χ0) is 13.2. The molecule has 1 N–H and O–H groups in total. The van der Waals surface area contributed by atoms with Crippen LogP contribution in [0.1, 0.15) is 26.2 Å². The summed E-state index contributed by atoms with van der Waals surface area (Å²) in [4.78, 5) is 0. The van der Waals surface area contributed by atoms with Gasteiger partial charge in [0, 0.05) is 38.0 Å². The molecule has 0 bridgehead atoms. The molecule has 106 valence electrons. The van der Waals surface area contributed by atoms with Crippen molar-refractivity contribution in [2.24, 2.45) is 0 Å². The lowest BCUT2D eigenvalue weighted by molar-refractivity contribution is -0.0899. The van der Waals surface area contributed by atoms with Gasteiger partial charge in [0.1, 0.15) is 9.84 Å². The van der Waals surface area contributed by atoms with Crippen LogP contribution in [0.4, 0.5) is 0 Å². The molecule has 5 nitrogen and oxygen atoms in total. The summed E-state index contributed by atoms with van der Waals surface area (Å²) in [5, 5.41) is 3.41. The van der Waals surface area contributed by atoms with Crippen LogP contribution in [0, 0.1) is 0 Å². The monoisotopic (exact) mass is 277 g/mol. The molecule has 2 fully saturated rings. The summed E-state index contributed by atoms with van der Waals surface area (Å²) in [5.74, 6) is 0.188. The van der Waals surface area contributed by atoms with Crippen LogP contribution in [-0.4, -0.2) is 57.9 Å². The molecule has 0 saturated carbocycles. The van der Waals surface area contributed by atoms with Gasteiger partial charge in [-0.1, -0.05) is 0 Å². The normalized spacial score (nSPS) is 34.9. The molecular formula is C12H23NO4S. The van der Waals surface area contributed by atoms with Crippen LogP contribution in [0.25, 0.3) is 0 Å². The lowest BCUT2D eigenvalue weighted by atomic mass is 9.89. The summed E-state index contributed by atoms with van der Waals surface area (Å²) in [6.07, 6.45) is 4.09. The summed E-state index contributed by atoms with van der Waals surface area (Å²) >= 11 is 0. The Hall–Kier alpha value is -0.170. The highest BCUT2D eigenvalue weighted by atomic mass is 32.2. The molecule has 0 aromatic rings. The predicted molar refractivity (Wildman–Crippen MR) is 69.4 cm³/mol. The fourth-order valence-corrected chi connectivity index (χ4v) is 3.94. The molecule has 3 unspecified atom stereocenters. The average Bonchev–Trinajstić information content (AvgIpc) is 2.63. The molecule has 1 spiro atoms. The third kappa shape index (κ3) is 3.91. The van der Waals surface area contributed by atoms with Gasteiger partial charge in [0.25, 0.3) is 0 Å². The van der Waals surface area contributed by atoms with E-state index in [1.165, 1.54) is 6.26 Å². The standard InChI is InChI=1S/C12H23NO4S/c1-10(8-18(2,14)15)13-11-3-5-17-12(7-11)4-6-16-9-12/h10-11,13H,3-9H2,1-2H3. The highest BCUT2D eigenvalue weighted by Gasteiger charge is 2.41. The Morgan fingerprint density at radius 3 is 2.83 bits per heavy atom. The van der Waals surface area contributed by atoms with E-state index >= 15 is 0 Å². The maximum Gasteiger partial charge on any atom is 0.148 e. The zero-order valence-corrected chi connectivity index (χ0v) is 12.0. The molecule has 6 heteroatoms. The maximum atomic E-state index is 11.2. The molecule has 0 radical (unpaired) electrons. The molecule has 0 amide bonds. The summed E-state index contributed by atoms with van der Waals surface area (Å²) in [5.41, 5.74) is -0.124. The Bertz CT molecular complexity index is 376. The maximum absolute atomic E-state index is 11.2. The van der Waals surface area contributed by atoms with Gasteiger partial charge < -0.3 is 14.8 Å². The molecule has 2 heterocycles. The number of nitrogens with one attached hydrogen (secondary N) is 1. The first kappa shape index (κ1) is 14.2. The van der Waals surface area contributed by atoms with E-state index in [4.69, 9.17) is 9.47 Å². The Morgan fingerprint density at radius 2 is 2.22 bits per heavy atom. The van der Waals surface area contributed by atoms with Crippen LogP contribution in [0.15, 0.2) is 0 Å². The van der Waals surface area contributed by atoms with E-state index in [9.17, 15) is 8.42 Å². The van der Waals surface area contributed by atoms with Gasteiger partial charge >= 0.3 is 0 Å². The first-order valence-electron chi connectivity index (χ1n) is 6.54. The summed E-state index contributed by atoms with van der Waals surface area (Å²) in [6.45, 7) is 4.10. The van der Waals surface area contributed by atoms with E-state index in [1.54, 1.807) is 0 Å². The molecule has 3 atom stereocenters. The van der Waals surface area contributed by atoms with Crippen LogP contribution in [-0.2, 0) is 19.3 Å². The molecule has 2 rings (SSSR count). The van der Waals surface area contributed by atoms with Crippen molar-refractivity contribution in [3.8, 4) is 0 Å². The van der Waals surface area contributed by atoms with Crippen LogP contribution in [0.5, 0.6) is 0 Å². The topological polar surface area (TPSA) is 64.6 Å². The smallest absolute Gasteiger partial charge is 0.148 e. The van der Waals surface area contributed by atoms with E-state index in [-0.39, 0.29) is 17.4 Å². The highest BCUT2D eigenvalue weighted by molar-refractivity contribution is 7.90. The van der Waals surface area contributed by atoms with Crippen molar-refractivity contribution in [2.45, 2.75) is 43.9 Å². The predicted octanol–water partition coefficient (Wildman–Crippen LogP) is 0.347. The van der Waals surface area contributed by atoms with Crippen LogP contribution in [0.2, 0.25) is 0 Å². The van der Waals surface area contributed by atoms with Gasteiger partial charge in [-0.2, -0.15) is 0 Å². The fourth-order valence-electron chi connectivity index (χ4n) is 2.94. The van der Waals surface area contributed by atoms with Gasteiger partial charge in [-0.3, -0.25) is 0 Å². The Morgan fingerprint density at radius 1 is 1.44 bits per heavy atom. The van der Waals surface area contributed by atoms with E-state index in [2.05, 4.69) is 5.32 Å². The third-order valence-electron chi connectivity index (χ3n) is 3.63. The largest absolute Gasteiger partial charge is 0.378 e. The van der Waals surface area contributed by atoms with Gasteiger partial charge in [-0.15, -0.1) is 0 Å². The van der Waals surface area contributed by atoms with Crippen molar-refractivity contribution in [2.75, 3.05) is 31.8 Å². The molecule has 0 aromatic heterocycles. The molecule has 0 aliphatic carbocycles. The highest BCUT2D eigenvalue weighted by Crippen LogP contribution is 2.32. The third-order valence-corrected chi connectivity index (χ3v) is 4.74. The molecule has 18 heavy (non-hydrogen) atoms. The number of sulfone groups is 1. The SMILES string of the molecule is CC(CS(C)(=O)=O)NC1CCOC2(CCOC2)C1. The molecular weight excluding hydrogens is 254 g/mol. The van der Waals surface area contributed by atoms with Crippen molar-refractivity contribution in [3.05, 3.63) is 0 Å². The molecule has 2 aliphatic heterocycles. The first-order chi connectivity index (χ1) is 8.39. The second kappa shape index (κ2) is 5.45. The van der Waals surface area contributed by atoms with Gasteiger partial charge in [0.05, 0.1) is 18.0 Å². The Labute approximate surface area is 109 Å². The van der Waals surface area contributed by atoms with E-state index in [0.717, 1.165) is 32.5 Å². The quantitative estimate of drug-likeness (QED) is 0.803. The van der Waals surface area contributed by atoms with Crippen LogP contribution < -0.4 is 5.32 Å². The lowest BCUT2D eigenvalue weighted by Gasteiger charge is -2.38. The number of hydrogen-bond donors (Lipinski definition) is 1. The van der Waals surface area contributed by atoms with E-state index in [1.807, 2.05) is 6.92 Å². The first-order valence-corrected chi connectivity index (χ1v) is 8.60. The fraction of sp³-hybridized carbons (Fsp3) is 1.00. The minimum Gasteiger partial charge on any atom is -0.378 e. The van der Waals surface area contributed by atoms with Crippen molar-refractivity contribution in [3.63, 3.8) is 0 Å². The summed E-state index contributed by atoms with van der Waals surface area (Å²) in [7, 11) is -2.92. The number of rotatable bonds is 4. The lowest BCUT2D eigenvalue weighted by Crippen LogP contribution is -2.50. The summed E-state index contributed by atoms with van der Waals surface area (Å²) in [6, 6.07) is 0.319. The van der Waals surface area contributed by atoms with Gasteiger partial charge in [-0.05, 0) is 19.8 Å². The molecule has 2 saturated heterocycles. The summed E-state index contributed by atoms with van der Waals surface area (Å²) < 4.78 is 33.8. The molecule has 0 aromatic carbocycles. The van der Waals surface area contributed by atoms with Crippen LogP contribution in [0.3, 0.4) is 0 Å². The minimum atomic E-state index is -2.92. The minimum absolute atomic E-state index is 0.0116. The second-order valence-electron chi connectivity index (χ2n) is 5.68. The molecule has 2 aliphatic rings. The zero-order valence-electron chi connectivity index (χ0n) is 11.1. The van der Waals surface area contributed by atoms with Crippen molar-refractivity contribution in [1.29, 1.82) is 0 Å². The van der Waals surface area contributed by atoms with E-state index < -0.39 is 9.84 Å². The van der Waals surface area contributed by atoms with Crippen LogP contribution >= 0.6 is 0 Å². The Balaban J connectivity index is 1.86. The van der Waals surface area contributed by atoms with E-state index in [0.29, 0.717) is 12.6 Å². The second-order valence-corrected chi connectivity index (χ2v) is 7.87. The van der Waals surface area contributed by atoms with Gasteiger partial charge in [0.15, 0.2) is 0 Å². The van der Waals surface area contributed by atoms with Gasteiger partial charge in [0.2, 0.25) is 0 Å².